The molecule has 0 nitrogen and oxygen atoms in total. The second-order valence-electron chi connectivity index (χ2n) is 3.41. The fourth-order valence-corrected chi connectivity index (χ4v) is 1.72. The summed E-state index contributed by atoms with van der Waals surface area (Å²) in [5.74, 6) is 0. The van der Waals surface area contributed by atoms with Crippen LogP contribution in [0.1, 0.15) is 40.2 Å². The van der Waals surface area contributed by atoms with Crippen molar-refractivity contribution < 1.29 is 0 Å². The Morgan fingerprint density at radius 3 is 2.11 bits per heavy atom. The van der Waals surface area contributed by atoms with Crippen molar-refractivity contribution in [3.63, 3.8) is 0 Å². The molecule has 0 atom stereocenters. The van der Waals surface area contributed by atoms with E-state index < -0.39 is 0 Å². The zero-order valence-electron chi connectivity index (χ0n) is 12.4. The Bertz CT molecular complexity index is 447. The molecule has 0 saturated carbocycles. The molecule has 0 amide bonds. The highest BCUT2D eigenvalue weighted by Crippen LogP contribution is 2.18. The highest BCUT2D eigenvalue weighted by atomic mass is 14.0. The van der Waals surface area contributed by atoms with Gasteiger partial charge >= 0.3 is 0 Å². The quantitative estimate of drug-likeness (QED) is 0.566. The second kappa shape index (κ2) is 10.6. The van der Waals surface area contributed by atoms with Crippen LogP contribution < -0.4 is 0 Å². The van der Waals surface area contributed by atoms with Crippen LogP contribution in [-0.4, -0.2) is 0 Å². The average molecular weight is 242 g/mol. The first-order chi connectivity index (χ1) is 8.92. The standard InChI is InChI=1S/C14H14.2C2H6/c1-2-3-7-12-9-6-10-13-8-4-5-11-14(12)13;2*1-2/h2-6,8-11H,7H2,1H3;2*1-2H3/b3-2+;;. The summed E-state index contributed by atoms with van der Waals surface area (Å²) >= 11 is 0. The smallest absolute Gasteiger partial charge is 0.00914 e. The highest BCUT2D eigenvalue weighted by Gasteiger charge is 1.96. The maximum atomic E-state index is 2.20. The Morgan fingerprint density at radius 1 is 0.833 bits per heavy atom. The number of fused-ring (bicyclic) bond motifs is 1. The summed E-state index contributed by atoms with van der Waals surface area (Å²) in [6, 6.07) is 15.0. The molecule has 0 aliphatic rings. The molecule has 0 aromatic heterocycles. The van der Waals surface area contributed by atoms with Crippen molar-refractivity contribution in [2.75, 3.05) is 0 Å². The molecule has 98 valence electrons. The summed E-state index contributed by atoms with van der Waals surface area (Å²) < 4.78 is 0. The van der Waals surface area contributed by atoms with Gasteiger partial charge in [0, 0.05) is 0 Å². The van der Waals surface area contributed by atoms with Crippen molar-refractivity contribution in [1.82, 2.24) is 0 Å². The minimum absolute atomic E-state index is 1.03. The highest BCUT2D eigenvalue weighted by molar-refractivity contribution is 5.85. The first-order valence-corrected chi connectivity index (χ1v) is 6.99. The van der Waals surface area contributed by atoms with Crippen molar-refractivity contribution in [1.29, 1.82) is 0 Å². The van der Waals surface area contributed by atoms with Crippen LogP contribution in [0, 0.1) is 0 Å². The Hall–Kier alpha value is -1.56. The zero-order chi connectivity index (χ0) is 13.8. The molecule has 0 unspecified atom stereocenters. The maximum absolute atomic E-state index is 2.20. The largest absolute Gasteiger partial charge is 0.0913 e. The zero-order valence-corrected chi connectivity index (χ0v) is 12.4. The van der Waals surface area contributed by atoms with E-state index in [9.17, 15) is 0 Å². The van der Waals surface area contributed by atoms with Crippen molar-refractivity contribution in [3.05, 3.63) is 60.2 Å². The summed E-state index contributed by atoms with van der Waals surface area (Å²) in [5, 5.41) is 2.70. The summed E-state index contributed by atoms with van der Waals surface area (Å²) in [5.41, 5.74) is 1.40. The minimum atomic E-state index is 1.03. The van der Waals surface area contributed by atoms with Crippen LogP contribution in [0.4, 0.5) is 0 Å². The van der Waals surface area contributed by atoms with E-state index in [-0.39, 0.29) is 0 Å². The summed E-state index contributed by atoms with van der Waals surface area (Å²) in [7, 11) is 0. The maximum Gasteiger partial charge on any atom is -0.00914 e. The molecular formula is C18H26. The average Bonchev–Trinajstić information content (AvgIpc) is 2.49. The van der Waals surface area contributed by atoms with Crippen LogP contribution in [-0.2, 0) is 6.42 Å². The molecule has 0 spiro atoms. The van der Waals surface area contributed by atoms with Crippen molar-refractivity contribution >= 4 is 10.8 Å². The lowest BCUT2D eigenvalue weighted by molar-refractivity contribution is 1.29. The van der Waals surface area contributed by atoms with E-state index in [0.717, 1.165) is 6.42 Å². The number of hydrogen-bond donors (Lipinski definition) is 0. The van der Waals surface area contributed by atoms with Crippen LogP contribution in [0.2, 0.25) is 0 Å². The van der Waals surface area contributed by atoms with E-state index in [0.29, 0.717) is 0 Å². The molecule has 18 heavy (non-hydrogen) atoms. The summed E-state index contributed by atoms with van der Waals surface area (Å²) in [4.78, 5) is 0. The topological polar surface area (TPSA) is 0 Å². The van der Waals surface area contributed by atoms with Crippen LogP contribution in [0.3, 0.4) is 0 Å². The third-order valence-electron chi connectivity index (χ3n) is 2.45. The molecule has 0 aliphatic heterocycles. The van der Waals surface area contributed by atoms with Gasteiger partial charge < -0.3 is 0 Å². The molecule has 0 radical (unpaired) electrons. The fourth-order valence-electron chi connectivity index (χ4n) is 1.72. The van der Waals surface area contributed by atoms with Gasteiger partial charge in [-0.1, -0.05) is 82.3 Å². The van der Waals surface area contributed by atoms with Gasteiger partial charge in [0.1, 0.15) is 0 Å². The lowest BCUT2D eigenvalue weighted by Gasteiger charge is -2.03. The lowest BCUT2D eigenvalue weighted by atomic mass is 10.0. The molecule has 0 fully saturated rings. The van der Waals surface area contributed by atoms with Gasteiger partial charge in [-0.15, -0.1) is 0 Å². The van der Waals surface area contributed by atoms with E-state index in [1.807, 2.05) is 27.7 Å². The van der Waals surface area contributed by atoms with Crippen LogP contribution in [0.5, 0.6) is 0 Å². The van der Waals surface area contributed by atoms with Gasteiger partial charge in [-0.05, 0) is 29.7 Å². The van der Waals surface area contributed by atoms with Crippen molar-refractivity contribution in [2.45, 2.75) is 41.0 Å². The predicted molar refractivity (Wildman–Crippen MR) is 85.2 cm³/mol. The van der Waals surface area contributed by atoms with Crippen LogP contribution in [0.15, 0.2) is 54.6 Å². The normalized spacial score (nSPS) is 9.39. The van der Waals surface area contributed by atoms with Crippen molar-refractivity contribution in [3.8, 4) is 0 Å². The van der Waals surface area contributed by atoms with E-state index in [2.05, 4.69) is 61.5 Å². The minimum Gasteiger partial charge on any atom is -0.0913 e. The van der Waals surface area contributed by atoms with Crippen LogP contribution >= 0.6 is 0 Å². The third-order valence-corrected chi connectivity index (χ3v) is 2.45. The number of allylic oxidation sites excluding steroid dienone is 2. The third kappa shape index (κ3) is 4.75. The van der Waals surface area contributed by atoms with Gasteiger partial charge in [-0.2, -0.15) is 0 Å². The molecule has 0 N–H and O–H groups in total. The van der Waals surface area contributed by atoms with E-state index in [1.54, 1.807) is 0 Å². The molecule has 2 aromatic rings. The molecule has 0 aliphatic carbocycles. The Kier molecular flexibility index (Phi) is 9.67. The Balaban J connectivity index is 0.000000659. The Labute approximate surface area is 112 Å². The monoisotopic (exact) mass is 242 g/mol. The van der Waals surface area contributed by atoms with E-state index in [1.165, 1.54) is 16.3 Å². The summed E-state index contributed by atoms with van der Waals surface area (Å²) in [6.45, 7) is 10.1. The molecule has 0 saturated heterocycles. The molecule has 0 heteroatoms. The van der Waals surface area contributed by atoms with E-state index in [4.69, 9.17) is 0 Å². The molecular weight excluding hydrogens is 216 g/mol. The lowest BCUT2D eigenvalue weighted by Crippen LogP contribution is -1.83. The number of rotatable bonds is 2. The van der Waals surface area contributed by atoms with Gasteiger partial charge in [0.15, 0.2) is 0 Å². The predicted octanol–water partition coefficient (Wildman–Crippen LogP) is 6.01. The first-order valence-electron chi connectivity index (χ1n) is 6.99. The summed E-state index contributed by atoms with van der Waals surface area (Å²) in [6.07, 6.45) is 5.32. The number of hydrogen-bond acceptors (Lipinski definition) is 0. The molecule has 2 rings (SSSR count). The van der Waals surface area contributed by atoms with Gasteiger partial charge in [0.25, 0.3) is 0 Å². The molecule has 2 aromatic carbocycles. The van der Waals surface area contributed by atoms with Crippen LogP contribution in [0.25, 0.3) is 10.8 Å². The fraction of sp³-hybridized carbons (Fsp3) is 0.333. The van der Waals surface area contributed by atoms with Crippen molar-refractivity contribution in [2.24, 2.45) is 0 Å². The Morgan fingerprint density at radius 2 is 1.44 bits per heavy atom. The van der Waals surface area contributed by atoms with Gasteiger partial charge in [0.2, 0.25) is 0 Å². The molecule has 0 bridgehead atoms. The first kappa shape index (κ1) is 16.4. The second-order valence-corrected chi connectivity index (χ2v) is 3.41. The SMILES string of the molecule is C/C=C/Cc1cccc2ccccc12.CC.CC. The molecule has 0 heterocycles. The van der Waals surface area contributed by atoms with Gasteiger partial charge in [-0.25, -0.2) is 0 Å². The van der Waals surface area contributed by atoms with E-state index >= 15 is 0 Å². The number of benzene rings is 2. The van der Waals surface area contributed by atoms with Gasteiger partial charge in [-0.3, -0.25) is 0 Å². The van der Waals surface area contributed by atoms with Gasteiger partial charge in [0.05, 0.1) is 0 Å².